The molecule has 2 rings (SSSR count). The molecule has 0 aromatic carbocycles. The van der Waals surface area contributed by atoms with Crippen LogP contribution in [0.2, 0.25) is 0 Å². The summed E-state index contributed by atoms with van der Waals surface area (Å²) < 4.78 is 27.0. The molecule has 0 radical (unpaired) electrons. The van der Waals surface area contributed by atoms with E-state index in [2.05, 4.69) is 34.9 Å². The van der Waals surface area contributed by atoms with Gasteiger partial charge in [0.25, 0.3) is 0 Å². The van der Waals surface area contributed by atoms with Crippen LogP contribution in [0.25, 0.3) is 0 Å². The van der Waals surface area contributed by atoms with E-state index in [0.29, 0.717) is 13.1 Å². The number of sulfonamides is 1. The van der Waals surface area contributed by atoms with Crippen molar-refractivity contribution in [1.82, 2.24) is 14.9 Å². The molecule has 1 aliphatic rings. The number of thiophene rings is 1. The highest BCUT2D eigenvalue weighted by molar-refractivity contribution is 7.89. The highest BCUT2D eigenvalue weighted by Crippen LogP contribution is 2.26. The summed E-state index contributed by atoms with van der Waals surface area (Å²) in [7, 11) is -3.21. The van der Waals surface area contributed by atoms with Crippen LogP contribution in [0.4, 0.5) is 0 Å². The predicted octanol–water partition coefficient (Wildman–Crippen LogP) is 0.850. The molecule has 21 heavy (non-hydrogen) atoms. The zero-order chi connectivity index (χ0) is 15.3. The van der Waals surface area contributed by atoms with Crippen molar-refractivity contribution in [3.8, 4) is 0 Å². The van der Waals surface area contributed by atoms with Gasteiger partial charge in [-0.25, -0.2) is 13.1 Å². The van der Waals surface area contributed by atoms with E-state index >= 15 is 0 Å². The zero-order valence-electron chi connectivity index (χ0n) is 12.8. The van der Waals surface area contributed by atoms with Gasteiger partial charge >= 0.3 is 0 Å². The van der Waals surface area contributed by atoms with Gasteiger partial charge in [0.2, 0.25) is 10.0 Å². The van der Waals surface area contributed by atoms with E-state index < -0.39 is 10.0 Å². The van der Waals surface area contributed by atoms with E-state index in [0.717, 1.165) is 26.2 Å². The van der Waals surface area contributed by atoms with Crippen molar-refractivity contribution < 1.29 is 8.42 Å². The van der Waals surface area contributed by atoms with Crippen molar-refractivity contribution in [2.24, 2.45) is 0 Å². The molecule has 0 spiro atoms. The summed E-state index contributed by atoms with van der Waals surface area (Å²) in [6, 6.07) is 4.06. The van der Waals surface area contributed by atoms with Gasteiger partial charge in [0, 0.05) is 49.6 Å². The third-order valence-electron chi connectivity index (χ3n) is 3.81. The lowest BCUT2D eigenvalue weighted by Gasteiger charge is -2.27. The Morgan fingerprint density at radius 3 is 2.71 bits per heavy atom. The number of nitrogens with zero attached hydrogens (tertiary/aromatic N) is 1. The Kier molecular flexibility index (Phi) is 5.79. The van der Waals surface area contributed by atoms with Crippen LogP contribution in [0.1, 0.15) is 18.7 Å². The average Bonchev–Trinajstić information content (AvgIpc) is 3.00. The van der Waals surface area contributed by atoms with Crippen LogP contribution in [-0.4, -0.2) is 58.3 Å². The quantitative estimate of drug-likeness (QED) is 0.778. The number of hydrogen-bond donors (Lipinski definition) is 2. The monoisotopic (exact) mass is 331 g/mol. The number of piperazine rings is 1. The molecular weight excluding hydrogens is 306 g/mol. The minimum Gasteiger partial charge on any atom is -0.314 e. The van der Waals surface area contributed by atoms with Gasteiger partial charge < -0.3 is 5.32 Å². The zero-order valence-corrected chi connectivity index (χ0v) is 14.4. The second-order valence-corrected chi connectivity index (χ2v) is 8.97. The van der Waals surface area contributed by atoms with Gasteiger partial charge in [0.15, 0.2) is 0 Å². The van der Waals surface area contributed by atoms with Crippen molar-refractivity contribution in [2.75, 3.05) is 45.0 Å². The van der Waals surface area contributed by atoms with Gasteiger partial charge in [0.1, 0.15) is 0 Å². The van der Waals surface area contributed by atoms with E-state index in [9.17, 15) is 8.42 Å². The summed E-state index contributed by atoms with van der Waals surface area (Å²) in [6.45, 7) is 8.92. The third-order valence-corrected chi connectivity index (χ3v) is 6.35. The Labute approximate surface area is 131 Å². The molecule has 0 unspecified atom stereocenters. The minimum absolute atomic E-state index is 0.170. The van der Waals surface area contributed by atoms with Gasteiger partial charge in [-0.3, -0.25) is 4.90 Å². The van der Waals surface area contributed by atoms with Gasteiger partial charge in [-0.05, 0) is 11.4 Å². The molecule has 5 nitrogen and oxygen atoms in total. The van der Waals surface area contributed by atoms with Gasteiger partial charge in [-0.2, -0.15) is 0 Å². The van der Waals surface area contributed by atoms with Gasteiger partial charge in [-0.1, -0.05) is 19.9 Å². The number of hydrogen-bond acceptors (Lipinski definition) is 5. The smallest absolute Gasteiger partial charge is 0.212 e. The van der Waals surface area contributed by atoms with Crippen LogP contribution in [-0.2, 0) is 15.4 Å². The predicted molar refractivity (Wildman–Crippen MR) is 88.4 cm³/mol. The Balaban J connectivity index is 1.80. The summed E-state index contributed by atoms with van der Waals surface area (Å²) in [5.41, 5.74) is -0.170. The fourth-order valence-electron chi connectivity index (χ4n) is 2.30. The summed E-state index contributed by atoms with van der Waals surface area (Å²) in [4.78, 5) is 3.40. The molecule has 120 valence electrons. The van der Waals surface area contributed by atoms with Gasteiger partial charge in [0.05, 0.1) is 5.75 Å². The van der Waals surface area contributed by atoms with E-state index in [4.69, 9.17) is 0 Å². The highest BCUT2D eigenvalue weighted by atomic mass is 32.2. The van der Waals surface area contributed by atoms with Gasteiger partial charge in [-0.15, -0.1) is 11.3 Å². The lowest BCUT2D eigenvalue weighted by Crippen LogP contribution is -2.46. The highest BCUT2D eigenvalue weighted by Gasteiger charge is 2.24. The molecule has 1 aliphatic heterocycles. The Bertz CT molecular complexity index is 520. The van der Waals surface area contributed by atoms with Crippen LogP contribution in [0, 0.1) is 0 Å². The van der Waals surface area contributed by atoms with Crippen molar-refractivity contribution >= 4 is 21.4 Å². The average molecular weight is 332 g/mol. The standard InChI is InChI=1S/C14H25N3O2S2/c1-14(2,13-4-3-10-20-13)12-16-21(18,19)11-9-17-7-5-15-6-8-17/h3-4,10,15-16H,5-9,11-12H2,1-2H3. The maximum Gasteiger partial charge on any atom is 0.212 e. The molecule has 7 heteroatoms. The topological polar surface area (TPSA) is 61.4 Å². The molecular formula is C14H25N3O2S2. The van der Waals surface area contributed by atoms with Crippen molar-refractivity contribution in [3.63, 3.8) is 0 Å². The van der Waals surface area contributed by atoms with Crippen molar-refractivity contribution in [1.29, 1.82) is 0 Å². The maximum absolute atomic E-state index is 12.1. The largest absolute Gasteiger partial charge is 0.314 e. The molecule has 1 fully saturated rings. The first-order chi connectivity index (χ1) is 9.89. The summed E-state index contributed by atoms with van der Waals surface area (Å²) in [6.07, 6.45) is 0. The molecule has 1 aromatic heterocycles. The van der Waals surface area contributed by atoms with Crippen LogP contribution in [0.5, 0.6) is 0 Å². The van der Waals surface area contributed by atoms with Crippen LogP contribution in [0.15, 0.2) is 17.5 Å². The lowest BCUT2D eigenvalue weighted by atomic mass is 9.92. The fraction of sp³-hybridized carbons (Fsp3) is 0.714. The van der Waals surface area contributed by atoms with Crippen LogP contribution < -0.4 is 10.0 Å². The van der Waals surface area contributed by atoms with E-state index in [1.165, 1.54) is 4.88 Å². The molecule has 0 atom stereocenters. The third kappa shape index (κ3) is 5.34. The minimum atomic E-state index is -3.21. The Morgan fingerprint density at radius 2 is 2.10 bits per heavy atom. The molecule has 2 N–H and O–H groups in total. The van der Waals surface area contributed by atoms with E-state index in [1.54, 1.807) is 11.3 Å². The van der Waals surface area contributed by atoms with E-state index in [1.807, 2.05) is 11.4 Å². The number of nitrogens with one attached hydrogen (secondary N) is 2. The molecule has 1 aromatic rings. The Morgan fingerprint density at radius 1 is 1.38 bits per heavy atom. The second kappa shape index (κ2) is 7.19. The van der Waals surface area contributed by atoms with Crippen molar-refractivity contribution in [2.45, 2.75) is 19.3 Å². The number of rotatable bonds is 7. The summed E-state index contributed by atoms with van der Waals surface area (Å²) in [5, 5.41) is 5.29. The molecule has 0 saturated carbocycles. The first-order valence-corrected chi connectivity index (χ1v) is 9.87. The molecule has 0 bridgehead atoms. The van der Waals surface area contributed by atoms with Crippen LogP contribution in [0.3, 0.4) is 0 Å². The fourth-order valence-corrected chi connectivity index (χ4v) is 4.37. The SMILES string of the molecule is CC(C)(CNS(=O)(=O)CCN1CCNCC1)c1cccs1. The van der Waals surface area contributed by atoms with Crippen LogP contribution >= 0.6 is 11.3 Å². The maximum atomic E-state index is 12.1. The first-order valence-electron chi connectivity index (χ1n) is 7.33. The molecule has 0 amide bonds. The summed E-state index contributed by atoms with van der Waals surface area (Å²) >= 11 is 1.67. The second-order valence-electron chi connectivity index (χ2n) is 6.09. The molecule has 1 saturated heterocycles. The van der Waals surface area contributed by atoms with E-state index in [-0.39, 0.29) is 11.2 Å². The summed E-state index contributed by atoms with van der Waals surface area (Å²) in [5.74, 6) is 0.174. The molecule has 0 aliphatic carbocycles. The lowest BCUT2D eigenvalue weighted by molar-refractivity contribution is 0.253. The normalized spacial score (nSPS) is 18.0. The molecule has 2 heterocycles. The van der Waals surface area contributed by atoms with Crippen molar-refractivity contribution in [3.05, 3.63) is 22.4 Å². The first kappa shape index (κ1) is 16.9. The Hall–Kier alpha value is -0.470.